The van der Waals surface area contributed by atoms with E-state index >= 15 is 0 Å². The molecule has 0 bridgehead atoms. The highest BCUT2D eigenvalue weighted by molar-refractivity contribution is 5.51. The van der Waals surface area contributed by atoms with Crippen molar-refractivity contribution in [2.45, 2.75) is 101 Å². The molecule has 0 amide bonds. The Labute approximate surface area is 170 Å². The molecule has 29 heavy (non-hydrogen) atoms. The van der Waals surface area contributed by atoms with E-state index in [1.807, 2.05) is 13.2 Å². The van der Waals surface area contributed by atoms with Gasteiger partial charge in [0.25, 0.3) is 0 Å². The SMILES string of the molecule is CCOCc1occ2c1CC[C@@]1(C)[C@H]2C[C@@H]2O[C@@]23[C@H](O)[C@@]2(C(C)C)O[C@H]2[C@@H]2O[C@@]231. The Kier molecular flexibility index (Phi) is 3.02. The van der Waals surface area contributed by atoms with Crippen LogP contribution < -0.4 is 0 Å². The lowest BCUT2D eigenvalue weighted by Gasteiger charge is -2.53. The summed E-state index contributed by atoms with van der Waals surface area (Å²) in [6, 6.07) is 0. The summed E-state index contributed by atoms with van der Waals surface area (Å²) in [5, 5.41) is 11.6. The molecule has 3 aliphatic carbocycles. The smallest absolute Gasteiger partial charge is 0.155 e. The molecule has 158 valence electrons. The van der Waals surface area contributed by atoms with Crippen molar-refractivity contribution < 1.29 is 28.5 Å². The van der Waals surface area contributed by atoms with Crippen molar-refractivity contribution in [1.29, 1.82) is 0 Å². The Morgan fingerprint density at radius 3 is 2.83 bits per heavy atom. The third-order valence-corrected chi connectivity index (χ3v) is 9.51. The Morgan fingerprint density at radius 2 is 2.07 bits per heavy atom. The predicted molar refractivity (Wildman–Crippen MR) is 101 cm³/mol. The molecule has 5 fully saturated rings. The van der Waals surface area contributed by atoms with E-state index in [1.165, 1.54) is 11.1 Å². The number of furan rings is 1. The number of hydrogen-bond acceptors (Lipinski definition) is 6. The number of aliphatic hydroxyl groups excluding tert-OH is 1. The minimum Gasteiger partial charge on any atom is -0.466 e. The van der Waals surface area contributed by atoms with Crippen LogP contribution in [-0.2, 0) is 32.0 Å². The largest absolute Gasteiger partial charge is 0.466 e. The van der Waals surface area contributed by atoms with Crippen LogP contribution >= 0.6 is 0 Å². The highest BCUT2D eigenvalue weighted by atomic mass is 16.7. The van der Waals surface area contributed by atoms with Gasteiger partial charge in [-0.2, -0.15) is 0 Å². The quantitative estimate of drug-likeness (QED) is 0.780. The fourth-order valence-electron chi connectivity index (χ4n) is 7.95. The summed E-state index contributed by atoms with van der Waals surface area (Å²) in [5.74, 6) is 1.52. The molecule has 6 nitrogen and oxygen atoms in total. The Balaban J connectivity index is 1.31. The van der Waals surface area contributed by atoms with Crippen molar-refractivity contribution in [3.63, 3.8) is 0 Å². The van der Waals surface area contributed by atoms with E-state index in [2.05, 4.69) is 20.8 Å². The molecule has 3 aliphatic heterocycles. The van der Waals surface area contributed by atoms with E-state index in [-0.39, 0.29) is 29.6 Å². The number of ether oxygens (including phenoxy) is 4. The molecule has 3 saturated heterocycles. The molecule has 1 aromatic heterocycles. The molecule has 1 aromatic rings. The van der Waals surface area contributed by atoms with Gasteiger partial charge in [0.15, 0.2) is 5.60 Å². The second kappa shape index (κ2) is 4.94. The third kappa shape index (κ3) is 1.60. The molecule has 0 aromatic carbocycles. The summed E-state index contributed by atoms with van der Waals surface area (Å²) in [5.41, 5.74) is 0.978. The zero-order valence-electron chi connectivity index (χ0n) is 17.6. The van der Waals surface area contributed by atoms with Gasteiger partial charge in [-0.1, -0.05) is 20.8 Å². The number of rotatable bonds is 4. The average molecular weight is 402 g/mol. The molecular weight excluding hydrogens is 372 g/mol. The summed E-state index contributed by atoms with van der Waals surface area (Å²) in [4.78, 5) is 0. The summed E-state index contributed by atoms with van der Waals surface area (Å²) in [6.07, 6.45) is 4.23. The van der Waals surface area contributed by atoms with E-state index in [1.54, 1.807) is 0 Å². The maximum atomic E-state index is 11.6. The average Bonchev–Trinajstić information content (AvgIpc) is 3.58. The fraction of sp³-hybridized carbons (Fsp3) is 0.826. The van der Waals surface area contributed by atoms with Gasteiger partial charge in [-0.3, -0.25) is 0 Å². The van der Waals surface area contributed by atoms with Crippen LogP contribution in [0, 0.1) is 11.3 Å². The first-order valence-electron chi connectivity index (χ1n) is 11.3. The maximum Gasteiger partial charge on any atom is 0.155 e. The van der Waals surface area contributed by atoms with Crippen LogP contribution in [0.4, 0.5) is 0 Å². The lowest BCUT2D eigenvalue weighted by atomic mass is 9.47. The first kappa shape index (κ1) is 17.7. The van der Waals surface area contributed by atoms with Crippen molar-refractivity contribution in [3.8, 4) is 0 Å². The minimum atomic E-state index is -0.624. The molecule has 1 N–H and O–H groups in total. The molecule has 4 heterocycles. The van der Waals surface area contributed by atoms with Crippen LogP contribution in [0.2, 0.25) is 0 Å². The van der Waals surface area contributed by atoms with Crippen LogP contribution in [0.25, 0.3) is 0 Å². The van der Waals surface area contributed by atoms with Gasteiger partial charge in [0.1, 0.15) is 41.9 Å². The molecule has 0 radical (unpaired) electrons. The zero-order valence-corrected chi connectivity index (χ0v) is 17.6. The van der Waals surface area contributed by atoms with E-state index in [9.17, 15) is 5.11 Å². The van der Waals surface area contributed by atoms with Gasteiger partial charge in [-0.05, 0) is 49.1 Å². The Hall–Kier alpha value is -0.920. The topological polar surface area (TPSA) is 80.2 Å². The first-order chi connectivity index (χ1) is 13.9. The lowest BCUT2D eigenvalue weighted by molar-refractivity contribution is -0.0920. The minimum absolute atomic E-state index is 0.0113. The van der Waals surface area contributed by atoms with Gasteiger partial charge in [-0.25, -0.2) is 0 Å². The van der Waals surface area contributed by atoms with Gasteiger partial charge in [0, 0.05) is 12.0 Å². The summed E-state index contributed by atoms with van der Waals surface area (Å²) in [7, 11) is 0. The van der Waals surface area contributed by atoms with Gasteiger partial charge < -0.3 is 28.5 Å². The summed E-state index contributed by atoms with van der Waals surface area (Å²) in [6.45, 7) is 9.86. The predicted octanol–water partition coefficient (Wildman–Crippen LogP) is 2.70. The highest BCUT2D eigenvalue weighted by Crippen LogP contribution is 2.83. The van der Waals surface area contributed by atoms with Crippen molar-refractivity contribution in [2.75, 3.05) is 6.61 Å². The van der Waals surface area contributed by atoms with Crippen LogP contribution in [-0.4, -0.2) is 52.9 Å². The number of hydrogen-bond donors (Lipinski definition) is 1. The Bertz CT molecular complexity index is 909. The van der Waals surface area contributed by atoms with Crippen molar-refractivity contribution in [3.05, 3.63) is 23.2 Å². The standard InChI is InChI=1S/C23H30O6/c1-5-25-10-15-12-6-7-20(4)14(13(12)9-26-15)8-16-22(27-16)19(24)21(11(2)3)17(28-21)18-23(20,22)29-18/h9,11,14,16-19,24H,5-8,10H2,1-4H3/t14-,16-,17-,18-,19+,20-,21-,22+,23+/m0/s1. The molecule has 7 rings (SSSR count). The first-order valence-corrected chi connectivity index (χ1v) is 11.3. The summed E-state index contributed by atoms with van der Waals surface area (Å²) < 4.78 is 30.8. The van der Waals surface area contributed by atoms with Crippen molar-refractivity contribution in [1.82, 2.24) is 0 Å². The van der Waals surface area contributed by atoms with E-state index < -0.39 is 22.9 Å². The molecule has 9 atom stereocenters. The molecule has 6 aliphatic rings. The van der Waals surface area contributed by atoms with Gasteiger partial charge in [0.2, 0.25) is 0 Å². The maximum absolute atomic E-state index is 11.6. The lowest BCUT2D eigenvalue weighted by Crippen LogP contribution is -2.68. The van der Waals surface area contributed by atoms with Crippen molar-refractivity contribution >= 4 is 0 Å². The Morgan fingerprint density at radius 1 is 1.24 bits per heavy atom. The summed E-state index contributed by atoms with van der Waals surface area (Å²) >= 11 is 0. The monoisotopic (exact) mass is 402 g/mol. The van der Waals surface area contributed by atoms with Gasteiger partial charge in [-0.15, -0.1) is 0 Å². The molecule has 2 saturated carbocycles. The van der Waals surface area contributed by atoms with Gasteiger partial charge in [0.05, 0.1) is 12.4 Å². The van der Waals surface area contributed by atoms with E-state index in [0.29, 0.717) is 19.1 Å². The number of epoxide rings is 3. The van der Waals surface area contributed by atoms with Crippen LogP contribution in [0.15, 0.2) is 10.7 Å². The number of fused-ring (bicyclic) bond motifs is 5. The van der Waals surface area contributed by atoms with E-state index in [4.69, 9.17) is 23.4 Å². The van der Waals surface area contributed by atoms with Crippen LogP contribution in [0.3, 0.4) is 0 Å². The molecule has 2 spiro atoms. The molecular formula is C23H30O6. The third-order valence-electron chi connectivity index (χ3n) is 9.51. The van der Waals surface area contributed by atoms with Crippen molar-refractivity contribution in [2.24, 2.45) is 11.3 Å². The molecule has 0 unspecified atom stereocenters. The fourth-order valence-corrected chi connectivity index (χ4v) is 7.95. The second-order valence-electron chi connectivity index (χ2n) is 10.6. The van der Waals surface area contributed by atoms with Crippen LogP contribution in [0.5, 0.6) is 0 Å². The number of aliphatic hydroxyl groups is 1. The zero-order chi connectivity index (χ0) is 20.0. The second-order valence-corrected chi connectivity index (χ2v) is 10.6. The highest BCUT2D eigenvalue weighted by Gasteiger charge is 3.00. The molecule has 6 heteroatoms. The van der Waals surface area contributed by atoms with E-state index in [0.717, 1.165) is 25.0 Å². The van der Waals surface area contributed by atoms with Crippen LogP contribution in [0.1, 0.15) is 63.3 Å². The van der Waals surface area contributed by atoms with Gasteiger partial charge >= 0.3 is 0 Å². The normalized spacial score (nSPS) is 55.2.